The number of hydrogen-bond donors (Lipinski definition) is 1. The summed E-state index contributed by atoms with van der Waals surface area (Å²) in [7, 11) is 0. The van der Waals surface area contributed by atoms with Crippen LogP contribution in [-0.4, -0.2) is 22.2 Å². The Bertz CT molecular complexity index is 1450. The molecular weight excluding hydrogens is 734 g/mol. The Morgan fingerprint density at radius 1 is 1.27 bits per heavy atom. The van der Waals surface area contributed by atoms with E-state index in [1.807, 2.05) is 36.4 Å². The third-order valence-electron chi connectivity index (χ3n) is 5.04. The molecule has 0 fully saturated rings. The van der Waals surface area contributed by atoms with Crippen LogP contribution in [0.25, 0.3) is 6.08 Å². The lowest BCUT2D eigenvalue weighted by atomic mass is 9.96. The first-order chi connectivity index (χ1) is 15.7. The zero-order valence-corrected chi connectivity index (χ0v) is 24.2. The van der Waals surface area contributed by atoms with Crippen LogP contribution in [0.1, 0.15) is 31.0 Å². The molecule has 0 saturated carbocycles. The largest absolute Gasteiger partial charge is 0.506 e. The van der Waals surface area contributed by atoms with Crippen molar-refractivity contribution in [1.82, 2.24) is 4.57 Å². The highest BCUT2D eigenvalue weighted by atomic mass is 127. The van der Waals surface area contributed by atoms with Gasteiger partial charge < -0.3 is 9.84 Å². The van der Waals surface area contributed by atoms with Gasteiger partial charge in [-0.2, -0.15) is 0 Å². The number of hydrogen-bond acceptors (Lipinski definition) is 6. The molecule has 1 aromatic heterocycles. The maximum Gasteiger partial charge on any atom is 0.338 e. The zero-order chi connectivity index (χ0) is 23.9. The summed E-state index contributed by atoms with van der Waals surface area (Å²) < 4.78 is 9.67. The number of esters is 1. The van der Waals surface area contributed by atoms with Gasteiger partial charge >= 0.3 is 5.97 Å². The first-order valence-corrected chi connectivity index (χ1v) is 13.6. The standard InChI is InChI=1S/C23H17BrI2N2O4S/c1-3-32-22(31)18-11(2)27-23-28(19(18)13-4-6-14(24)7-5-13)21(30)17(33-23)10-12-8-15(25)20(29)16(26)9-12/h4-10,19,29H,3H2,1-2H3/b17-10+. The Morgan fingerprint density at radius 2 is 1.91 bits per heavy atom. The fourth-order valence-corrected chi connectivity index (χ4v) is 6.70. The van der Waals surface area contributed by atoms with Crippen LogP contribution < -0.4 is 14.9 Å². The van der Waals surface area contributed by atoms with E-state index >= 15 is 0 Å². The third-order valence-corrected chi connectivity index (χ3v) is 8.20. The van der Waals surface area contributed by atoms with Crippen molar-refractivity contribution in [2.45, 2.75) is 19.9 Å². The summed E-state index contributed by atoms with van der Waals surface area (Å²) in [5.74, 6) is -0.261. The van der Waals surface area contributed by atoms with E-state index in [9.17, 15) is 14.7 Å². The van der Waals surface area contributed by atoms with Gasteiger partial charge in [0.25, 0.3) is 5.56 Å². The Kier molecular flexibility index (Phi) is 7.46. The van der Waals surface area contributed by atoms with Crippen molar-refractivity contribution in [3.05, 3.63) is 90.1 Å². The van der Waals surface area contributed by atoms with Crippen molar-refractivity contribution in [2.75, 3.05) is 6.61 Å². The van der Waals surface area contributed by atoms with Crippen LogP contribution in [0.4, 0.5) is 0 Å². The molecule has 3 aromatic rings. The summed E-state index contributed by atoms with van der Waals surface area (Å²) >= 11 is 8.84. The van der Waals surface area contributed by atoms with Crippen molar-refractivity contribution in [3.8, 4) is 5.75 Å². The second-order valence-electron chi connectivity index (χ2n) is 7.19. The predicted octanol–water partition coefficient (Wildman–Crippen LogP) is 4.48. The molecule has 0 spiro atoms. The number of aromatic nitrogens is 1. The minimum Gasteiger partial charge on any atom is -0.506 e. The molecule has 1 unspecified atom stereocenters. The lowest BCUT2D eigenvalue weighted by Gasteiger charge is -2.24. The minimum absolute atomic E-state index is 0.222. The van der Waals surface area contributed by atoms with Gasteiger partial charge in [-0.3, -0.25) is 9.36 Å². The average Bonchev–Trinajstić information content (AvgIpc) is 3.06. The van der Waals surface area contributed by atoms with Crippen LogP contribution in [0.3, 0.4) is 0 Å². The molecule has 0 bridgehead atoms. The summed E-state index contributed by atoms with van der Waals surface area (Å²) in [5.41, 5.74) is 2.24. The molecule has 0 amide bonds. The first kappa shape index (κ1) is 24.6. The number of rotatable bonds is 4. The highest BCUT2D eigenvalue weighted by Crippen LogP contribution is 2.31. The Morgan fingerprint density at radius 3 is 2.52 bits per heavy atom. The number of allylic oxidation sites excluding steroid dienone is 1. The smallest absolute Gasteiger partial charge is 0.338 e. The van der Waals surface area contributed by atoms with E-state index in [2.05, 4.69) is 66.1 Å². The summed E-state index contributed by atoms with van der Waals surface area (Å²) in [6, 6.07) is 10.5. The molecule has 1 atom stereocenters. The molecule has 0 saturated heterocycles. The van der Waals surface area contributed by atoms with Crippen molar-refractivity contribution in [1.29, 1.82) is 0 Å². The van der Waals surface area contributed by atoms with Crippen LogP contribution in [0.2, 0.25) is 0 Å². The lowest BCUT2D eigenvalue weighted by molar-refractivity contribution is -0.139. The van der Waals surface area contributed by atoms with Crippen molar-refractivity contribution >= 4 is 84.5 Å². The third kappa shape index (κ3) is 4.84. The van der Waals surface area contributed by atoms with Gasteiger partial charge in [-0.25, -0.2) is 9.79 Å². The minimum atomic E-state index is -0.643. The zero-order valence-electron chi connectivity index (χ0n) is 17.4. The summed E-state index contributed by atoms with van der Waals surface area (Å²) in [6.45, 7) is 3.74. The quantitative estimate of drug-likeness (QED) is 0.316. The maximum absolute atomic E-state index is 13.6. The number of fused-ring (bicyclic) bond motifs is 1. The summed E-state index contributed by atoms with van der Waals surface area (Å²) in [4.78, 5) is 31.6. The molecule has 2 heterocycles. The van der Waals surface area contributed by atoms with Gasteiger partial charge in [0.2, 0.25) is 0 Å². The Labute approximate surface area is 229 Å². The van der Waals surface area contributed by atoms with E-state index in [1.54, 1.807) is 24.5 Å². The molecule has 4 rings (SSSR count). The molecule has 1 aliphatic rings. The fourth-order valence-electron chi connectivity index (χ4n) is 3.57. The molecule has 33 heavy (non-hydrogen) atoms. The van der Waals surface area contributed by atoms with Gasteiger partial charge in [-0.15, -0.1) is 0 Å². The van der Waals surface area contributed by atoms with Gasteiger partial charge in [-0.1, -0.05) is 39.4 Å². The van der Waals surface area contributed by atoms with Crippen molar-refractivity contribution < 1.29 is 14.6 Å². The van der Waals surface area contributed by atoms with E-state index in [0.717, 1.165) is 15.6 Å². The van der Waals surface area contributed by atoms with E-state index in [-0.39, 0.29) is 17.9 Å². The Balaban J connectivity index is 1.96. The molecule has 6 nitrogen and oxygen atoms in total. The van der Waals surface area contributed by atoms with Gasteiger partial charge in [0.05, 0.1) is 35.6 Å². The number of benzene rings is 2. The van der Waals surface area contributed by atoms with Crippen LogP contribution in [0.15, 0.2) is 61.9 Å². The molecule has 0 radical (unpaired) electrons. The van der Waals surface area contributed by atoms with E-state index in [4.69, 9.17) is 4.74 Å². The van der Waals surface area contributed by atoms with Crippen LogP contribution in [-0.2, 0) is 9.53 Å². The molecule has 10 heteroatoms. The molecule has 1 aliphatic heterocycles. The predicted molar refractivity (Wildman–Crippen MR) is 148 cm³/mol. The number of phenols is 1. The fraction of sp³-hybridized carbons (Fsp3) is 0.174. The second kappa shape index (κ2) is 10.0. The van der Waals surface area contributed by atoms with Gasteiger partial charge in [0.1, 0.15) is 5.75 Å². The highest BCUT2D eigenvalue weighted by Gasteiger charge is 2.33. The lowest BCUT2D eigenvalue weighted by Crippen LogP contribution is -2.39. The number of phenolic OH excluding ortho intramolecular Hbond substituents is 1. The molecule has 1 N–H and O–H groups in total. The number of carbonyl (C=O) groups excluding carboxylic acids is 1. The number of carbonyl (C=O) groups is 1. The Hall–Kier alpha value is -1.51. The van der Waals surface area contributed by atoms with Gasteiger partial charge in [-0.05, 0) is 100 Å². The van der Waals surface area contributed by atoms with E-state index < -0.39 is 12.0 Å². The molecular formula is C23H17BrI2N2O4S. The molecule has 170 valence electrons. The second-order valence-corrected chi connectivity index (χ2v) is 11.4. The van der Waals surface area contributed by atoms with Crippen LogP contribution in [0.5, 0.6) is 5.75 Å². The summed E-state index contributed by atoms with van der Waals surface area (Å²) in [5, 5.41) is 10.1. The number of nitrogens with zero attached hydrogens (tertiary/aromatic N) is 2. The first-order valence-electron chi connectivity index (χ1n) is 9.84. The molecule has 0 aliphatic carbocycles. The number of ether oxygens (including phenoxy) is 1. The number of aromatic hydroxyl groups is 1. The highest BCUT2D eigenvalue weighted by molar-refractivity contribution is 14.1. The maximum atomic E-state index is 13.6. The van der Waals surface area contributed by atoms with Gasteiger partial charge in [0, 0.05) is 4.47 Å². The number of thiazole rings is 1. The van der Waals surface area contributed by atoms with Gasteiger partial charge in [0.15, 0.2) is 4.80 Å². The van der Waals surface area contributed by atoms with Crippen LogP contribution >= 0.6 is 72.4 Å². The van der Waals surface area contributed by atoms with Crippen LogP contribution in [0, 0.1) is 7.14 Å². The van der Waals surface area contributed by atoms with Crippen molar-refractivity contribution in [3.63, 3.8) is 0 Å². The van der Waals surface area contributed by atoms with E-state index in [0.29, 0.717) is 27.7 Å². The summed E-state index contributed by atoms with van der Waals surface area (Å²) in [6.07, 6.45) is 1.79. The average molecular weight is 751 g/mol. The SMILES string of the molecule is CCOC(=O)C1=C(C)N=c2s/c(=C/c3cc(I)c(O)c(I)c3)c(=O)n2C1c1ccc(Br)cc1. The normalized spacial score (nSPS) is 15.9. The van der Waals surface area contributed by atoms with E-state index in [1.165, 1.54) is 11.3 Å². The van der Waals surface area contributed by atoms with Crippen molar-refractivity contribution in [2.24, 2.45) is 4.99 Å². The topological polar surface area (TPSA) is 80.9 Å². The monoisotopic (exact) mass is 750 g/mol. The molecule has 2 aromatic carbocycles. The number of halogens is 3.